The van der Waals surface area contributed by atoms with E-state index in [2.05, 4.69) is 15.3 Å². The summed E-state index contributed by atoms with van der Waals surface area (Å²) in [6, 6.07) is 15.2. The summed E-state index contributed by atoms with van der Waals surface area (Å²) >= 11 is 0. The van der Waals surface area contributed by atoms with Crippen LogP contribution in [0, 0.1) is 0 Å². The number of benzene rings is 2. The van der Waals surface area contributed by atoms with E-state index in [9.17, 15) is 4.79 Å². The lowest BCUT2D eigenvalue weighted by Crippen LogP contribution is -2.09. The Bertz CT molecular complexity index is 1150. The fourth-order valence-corrected chi connectivity index (χ4v) is 3.06. The third-order valence-electron chi connectivity index (χ3n) is 4.27. The average molecular weight is 347 g/mol. The van der Waals surface area contributed by atoms with Gasteiger partial charge in [0, 0.05) is 22.7 Å². The minimum absolute atomic E-state index is 0.224. The number of hydrogen-bond donors (Lipinski definition) is 2. The number of ether oxygens (including phenoxy) is 2. The van der Waals surface area contributed by atoms with Crippen molar-refractivity contribution in [2.45, 2.75) is 0 Å². The zero-order valence-corrected chi connectivity index (χ0v) is 14.4. The molecule has 130 valence electrons. The third kappa shape index (κ3) is 2.61. The van der Waals surface area contributed by atoms with Gasteiger partial charge in [-0.15, -0.1) is 0 Å². The summed E-state index contributed by atoms with van der Waals surface area (Å²) in [5, 5.41) is 5.46. The first-order valence-electron chi connectivity index (χ1n) is 8.10. The monoisotopic (exact) mass is 347 g/mol. The predicted molar refractivity (Wildman–Crippen MR) is 103 cm³/mol. The van der Waals surface area contributed by atoms with Gasteiger partial charge in [-0.05, 0) is 30.3 Å². The molecule has 4 rings (SSSR count). The first-order valence-corrected chi connectivity index (χ1v) is 8.10. The van der Waals surface area contributed by atoms with Crippen LogP contribution in [0.5, 0.6) is 11.5 Å². The van der Waals surface area contributed by atoms with Crippen LogP contribution in [0.25, 0.3) is 21.8 Å². The summed E-state index contributed by atoms with van der Waals surface area (Å²) in [5.41, 5.74) is 2.07. The van der Waals surface area contributed by atoms with E-state index in [0.717, 1.165) is 22.1 Å². The van der Waals surface area contributed by atoms with E-state index in [1.807, 2.05) is 42.5 Å². The molecule has 0 unspecified atom stereocenters. The van der Waals surface area contributed by atoms with E-state index in [0.29, 0.717) is 22.5 Å². The van der Waals surface area contributed by atoms with Crippen LogP contribution in [0.15, 0.2) is 59.5 Å². The molecular weight excluding hydrogens is 330 g/mol. The standard InChI is InChI=1S/C20H17N3O3/c1-25-16-10-13-14(11-17(16)26-2)20(24)23-19-18(13)15(8-9-21-19)22-12-6-4-3-5-7-12/h3-11H,1-2H3,(H2,21,22,23,24). The van der Waals surface area contributed by atoms with E-state index >= 15 is 0 Å². The molecule has 0 saturated heterocycles. The molecule has 26 heavy (non-hydrogen) atoms. The molecule has 0 amide bonds. The Labute approximate surface area is 149 Å². The molecule has 0 aliphatic carbocycles. The highest BCUT2D eigenvalue weighted by molar-refractivity contribution is 6.11. The molecule has 6 heteroatoms. The molecule has 6 nitrogen and oxygen atoms in total. The lowest BCUT2D eigenvalue weighted by atomic mass is 10.1. The second-order valence-electron chi connectivity index (χ2n) is 5.78. The van der Waals surface area contributed by atoms with E-state index < -0.39 is 0 Å². The van der Waals surface area contributed by atoms with E-state index in [4.69, 9.17) is 9.47 Å². The maximum atomic E-state index is 12.5. The Morgan fingerprint density at radius 3 is 2.35 bits per heavy atom. The number of fused-ring (bicyclic) bond motifs is 3. The highest BCUT2D eigenvalue weighted by Crippen LogP contribution is 2.36. The largest absolute Gasteiger partial charge is 0.493 e. The number of anilines is 2. The number of rotatable bonds is 4. The number of para-hydroxylation sites is 1. The molecule has 0 aliphatic heterocycles. The van der Waals surface area contributed by atoms with Crippen molar-refractivity contribution in [3.05, 3.63) is 65.1 Å². The first-order chi connectivity index (χ1) is 12.7. The van der Waals surface area contributed by atoms with Gasteiger partial charge in [0.25, 0.3) is 5.56 Å². The van der Waals surface area contributed by atoms with Gasteiger partial charge in [-0.2, -0.15) is 0 Å². The molecule has 2 heterocycles. The predicted octanol–water partition coefficient (Wildman–Crippen LogP) is 3.84. The SMILES string of the molecule is COc1cc2c(=O)[nH]c3nccc(Nc4ccccc4)c3c2cc1OC. The number of H-pyrrole nitrogens is 1. The quantitative estimate of drug-likeness (QED) is 0.549. The third-order valence-corrected chi connectivity index (χ3v) is 4.27. The van der Waals surface area contributed by atoms with Crippen LogP contribution in [-0.4, -0.2) is 24.2 Å². The van der Waals surface area contributed by atoms with Gasteiger partial charge in [0.1, 0.15) is 5.65 Å². The fraction of sp³-hybridized carbons (Fsp3) is 0.100. The summed E-state index contributed by atoms with van der Waals surface area (Å²) in [6.07, 6.45) is 1.66. The summed E-state index contributed by atoms with van der Waals surface area (Å²) < 4.78 is 10.7. The van der Waals surface area contributed by atoms with Crippen molar-refractivity contribution in [1.82, 2.24) is 9.97 Å². The number of hydrogen-bond acceptors (Lipinski definition) is 5. The zero-order chi connectivity index (χ0) is 18.1. The lowest BCUT2D eigenvalue weighted by molar-refractivity contribution is 0.356. The molecule has 0 aliphatic rings. The Balaban J connectivity index is 2.05. The van der Waals surface area contributed by atoms with Crippen LogP contribution in [0.3, 0.4) is 0 Å². The van der Waals surface area contributed by atoms with Crippen LogP contribution in [0.2, 0.25) is 0 Å². The Kier molecular flexibility index (Phi) is 3.93. The van der Waals surface area contributed by atoms with Crippen molar-refractivity contribution < 1.29 is 9.47 Å². The van der Waals surface area contributed by atoms with Gasteiger partial charge in [0.05, 0.1) is 25.3 Å². The topological polar surface area (TPSA) is 76.2 Å². The minimum Gasteiger partial charge on any atom is -0.493 e. The van der Waals surface area contributed by atoms with Gasteiger partial charge in [-0.1, -0.05) is 18.2 Å². The molecule has 2 N–H and O–H groups in total. The maximum Gasteiger partial charge on any atom is 0.257 e. The van der Waals surface area contributed by atoms with Crippen molar-refractivity contribution >= 4 is 33.2 Å². The molecule has 0 radical (unpaired) electrons. The molecule has 4 aromatic rings. The summed E-state index contributed by atoms with van der Waals surface area (Å²) in [7, 11) is 3.11. The number of methoxy groups -OCH3 is 2. The summed E-state index contributed by atoms with van der Waals surface area (Å²) in [5.74, 6) is 1.06. The van der Waals surface area contributed by atoms with Crippen LogP contribution < -0.4 is 20.3 Å². The molecule has 0 bridgehead atoms. The first kappa shape index (κ1) is 16.0. The van der Waals surface area contributed by atoms with Crippen molar-refractivity contribution in [2.24, 2.45) is 0 Å². The molecule has 0 atom stereocenters. The Hall–Kier alpha value is -3.54. The van der Waals surface area contributed by atoms with Crippen molar-refractivity contribution in [2.75, 3.05) is 19.5 Å². The number of aromatic amines is 1. The van der Waals surface area contributed by atoms with Gasteiger partial charge >= 0.3 is 0 Å². The lowest BCUT2D eigenvalue weighted by Gasteiger charge is -2.13. The normalized spacial score (nSPS) is 10.8. The van der Waals surface area contributed by atoms with Crippen LogP contribution in [-0.2, 0) is 0 Å². The number of aromatic nitrogens is 2. The number of nitrogens with zero attached hydrogens (tertiary/aromatic N) is 1. The van der Waals surface area contributed by atoms with Gasteiger partial charge in [0.15, 0.2) is 11.5 Å². The van der Waals surface area contributed by atoms with E-state index in [1.165, 1.54) is 0 Å². The van der Waals surface area contributed by atoms with Gasteiger partial charge in [0.2, 0.25) is 0 Å². The van der Waals surface area contributed by atoms with E-state index in [-0.39, 0.29) is 5.56 Å². The van der Waals surface area contributed by atoms with Crippen LogP contribution >= 0.6 is 0 Å². The Morgan fingerprint density at radius 1 is 0.962 bits per heavy atom. The van der Waals surface area contributed by atoms with Gasteiger partial charge < -0.3 is 19.8 Å². The second-order valence-corrected chi connectivity index (χ2v) is 5.78. The van der Waals surface area contributed by atoms with Crippen LogP contribution in [0.4, 0.5) is 11.4 Å². The minimum atomic E-state index is -0.224. The van der Waals surface area contributed by atoms with Crippen molar-refractivity contribution in [3.63, 3.8) is 0 Å². The van der Waals surface area contributed by atoms with Gasteiger partial charge in [-0.25, -0.2) is 4.98 Å². The highest BCUT2D eigenvalue weighted by atomic mass is 16.5. The van der Waals surface area contributed by atoms with Gasteiger partial charge in [-0.3, -0.25) is 4.79 Å². The van der Waals surface area contributed by atoms with Crippen molar-refractivity contribution in [1.29, 1.82) is 0 Å². The average Bonchev–Trinajstić information content (AvgIpc) is 2.68. The smallest absolute Gasteiger partial charge is 0.257 e. The second kappa shape index (κ2) is 6.40. The Morgan fingerprint density at radius 2 is 1.65 bits per heavy atom. The number of nitrogens with one attached hydrogen (secondary N) is 2. The molecule has 0 saturated carbocycles. The molecular formula is C20H17N3O3. The maximum absolute atomic E-state index is 12.5. The van der Waals surface area contributed by atoms with E-state index in [1.54, 1.807) is 26.5 Å². The number of pyridine rings is 2. The summed E-state index contributed by atoms with van der Waals surface area (Å²) in [4.78, 5) is 19.7. The molecule has 2 aromatic heterocycles. The van der Waals surface area contributed by atoms with Crippen molar-refractivity contribution in [3.8, 4) is 11.5 Å². The molecule has 0 spiro atoms. The summed E-state index contributed by atoms with van der Waals surface area (Å²) in [6.45, 7) is 0. The molecule has 0 fully saturated rings. The van der Waals surface area contributed by atoms with Crippen LogP contribution in [0.1, 0.15) is 0 Å². The fourth-order valence-electron chi connectivity index (χ4n) is 3.06. The zero-order valence-electron chi connectivity index (χ0n) is 14.4. The highest BCUT2D eigenvalue weighted by Gasteiger charge is 2.14. The molecule has 2 aromatic carbocycles.